The number of carbonyl (C=O) groups is 2. The molecule has 1 heterocycles. The summed E-state index contributed by atoms with van der Waals surface area (Å²) in [6.07, 6.45) is 1.41. The monoisotopic (exact) mass is 286 g/mol. The van der Waals surface area contributed by atoms with E-state index in [2.05, 4.69) is 10.3 Å². The minimum absolute atomic E-state index is 0.0424. The molecule has 1 aromatic carbocycles. The van der Waals surface area contributed by atoms with E-state index in [4.69, 9.17) is 5.11 Å². The second-order valence-corrected chi connectivity index (χ2v) is 4.54. The van der Waals surface area contributed by atoms with Crippen molar-refractivity contribution in [2.75, 3.05) is 0 Å². The Labute approximate surface area is 121 Å². The van der Waals surface area contributed by atoms with Crippen LogP contribution >= 0.6 is 0 Å². The van der Waals surface area contributed by atoms with Gasteiger partial charge in [0, 0.05) is 18.3 Å². The first kappa shape index (κ1) is 14.5. The lowest BCUT2D eigenvalue weighted by atomic mass is 10.1. The van der Waals surface area contributed by atoms with Crippen molar-refractivity contribution in [2.45, 2.75) is 13.5 Å². The van der Waals surface area contributed by atoms with Crippen molar-refractivity contribution in [3.63, 3.8) is 0 Å². The molecule has 1 amide bonds. The molecule has 0 saturated carbocycles. The third-order valence-corrected chi connectivity index (χ3v) is 2.96. The molecule has 2 aromatic rings. The largest absolute Gasteiger partial charge is 0.508 e. The molecule has 0 spiro atoms. The summed E-state index contributed by atoms with van der Waals surface area (Å²) in [6.45, 7) is 1.95. The van der Waals surface area contributed by atoms with E-state index in [9.17, 15) is 14.7 Å². The van der Waals surface area contributed by atoms with Gasteiger partial charge in [-0.1, -0.05) is 6.07 Å². The summed E-state index contributed by atoms with van der Waals surface area (Å²) in [5.74, 6) is -1.23. The average Bonchev–Trinajstić information content (AvgIpc) is 2.48. The molecule has 6 heteroatoms. The molecule has 0 fully saturated rings. The van der Waals surface area contributed by atoms with Crippen LogP contribution in [0.2, 0.25) is 0 Å². The molecule has 0 radical (unpaired) electrons. The summed E-state index contributed by atoms with van der Waals surface area (Å²) in [6, 6.07) is 7.57. The van der Waals surface area contributed by atoms with Gasteiger partial charge in [0.05, 0.1) is 0 Å². The van der Waals surface area contributed by atoms with Crippen LogP contribution in [0.4, 0.5) is 0 Å². The molecule has 0 aliphatic heterocycles. The van der Waals surface area contributed by atoms with Gasteiger partial charge in [0.25, 0.3) is 5.91 Å². The molecule has 21 heavy (non-hydrogen) atoms. The number of carboxylic acids is 1. The summed E-state index contributed by atoms with van der Waals surface area (Å²) in [5, 5.41) is 20.9. The highest BCUT2D eigenvalue weighted by molar-refractivity contribution is 5.94. The number of aromatic hydroxyl groups is 1. The van der Waals surface area contributed by atoms with Crippen molar-refractivity contribution in [3.05, 3.63) is 58.9 Å². The van der Waals surface area contributed by atoms with E-state index in [1.165, 1.54) is 24.4 Å². The van der Waals surface area contributed by atoms with Crippen LogP contribution in [0.25, 0.3) is 0 Å². The van der Waals surface area contributed by atoms with Gasteiger partial charge < -0.3 is 15.5 Å². The Hall–Kier alpha value is -2.89. The van der Waals surface area contributed by atoms with Gasteiger partial charge in [-0.25, -0.2) is 9.78 Å². The van der Waals surface area contributed by atoms with E-state index < -0.39 is 5.97 Å². The Balaban J connectivity index is 2.00. The minimum Gasteiger partial charge on any atom is -0.508 e. The molecule has 0 atom stereocenters. The molecule has 0 aliphatic carbocycles. The van der Waals surface area contributed by atoms with Crippen molar-refractivity contribution in [2.24, 2.45) is 0 Å². The van der Waals surface area contributed by atoms with Gasteiger partial charge in [-0.2, -0.15) is 0 Å². The van der Waals surface area contributed by atoms with Crippen molar-refractivity contribution < 1.29 is 19.8 Å². The number of rotatable bonds is 4. The van der Waals surface area contributed by atoms with E-state index in [1.54, 1.807) is 19.1 Å². The van der Waals surface area contributed by atoms with Gasteiger partial charge in [0.1, 0.15) is 11.4 Å². The third kappa shape index (κ3) is 3.56. The number of benzene rings is 1. The number of amides is 1. The van der Waals surface area contributed by atoms with E-state index >= 15 is 0 Å². The topological polar surface area (TPSA) is 99.5 Å². The number of nitrogens with zero attached hydrogens (tertiary/aromatic N) is 1. The second kappa shape index (κ2) is 6.04. The van der Waals surface area contributed by atoms with Gasteiger partial charge in [0.15, 0.2) is 0 Å². The molecule has 6 nitrogen and oxygen atoms in total. The highest BCUT2D eigenvalue weighted by atomic mass is 16.4. The van der Waals surface area contributed by atoms with Crippen molar-refractivity contribution in [3.8, 4) is 5.75 Å². The van der Waals surface area contributed by atoms with Crippen LogP contribution in [-0.4, -0.2) is 27.1 Å². The lowest BCUT2D eigenvalue weighted by molar-refractivity contribution is 0.0690. The molecule has 1 aromatic heterocycles. The first-order valence-corrected chi connectivity index (χ1v) is 6.23. The van der Waals surface area contributed by atoms with Crippen LogP contribution in [-0.2, 0) is 6.54 Å². The number of nitrogens with one attached hydrogen (secondary N) is 1. The molecule has 0 aliphatic rings. The van der Waals surface area contributed by atoms with E-state index in [0.717, 1.165) is 0 Å². The molecule has 0 saturated heterocycles. The van der Waals surface area contributed by atoms with Crippen LogP contribution in [0, 0.1) is 6.92 Å². The zero-order valence-corrected chi connectivity index (χ0v) is 11.3. The number of carbonyl (C=O) groups excluding carboxylic acids is 1. The number of aryl methyl sites for hydroxylation is 1. The van der Waals surface area contributed by atoms with Gasteiger partial charge in [-0.3, -0.25) is 4.79 Å². The Kier molecular flexibility index (Phi) is 4.18. The van der Waals surface area contributed by atoms with Crippen LogP contribution < -0.4 is 5.32 Å². The van der Waals surface area contributed by atoms with Gasteiger partial charge in [-0.15, -0.1) is 0 Å². The zero-order valence-electron chi connectivity index (χ0n) is 11.3. The van der Waals surface area contributed by atoms with Crippen LogP contribution in [0.3, 0.4) is 0 Å². The van der Waals surface area contributed by atoms with Gasteiger partial charge in [-0.05, 0) is 42.3 Å². The first-order valence-electron chi connectivity index (χ1n) is 6.23. The third-order valence-electron chi connectivity index (χ3n) is 2.96. The number of hydrogen-bond donors (Lipinski definition) is 3. The zero-order chi connectivity index (χ0) is 15.4. The SMILES string of the molecule is Cc1cc(C(=O)NCc2ccc(C(=O)O)nc2)ccc1O. The van der Waals surface area contributed by atoms with Crippen molar-refractivity contribution >= 4 is 11.9 Å². The Bertz CT molecular complexity index is 681. The van der Waals surface area contributed by atoms with E-state index in [1.807, 2.05) is 0 Å². The lowest BCUT2D eigenvalue weighted by Crippen LogP contribution is -2.23. The average molecular weight is 286 g/mol. The fraction of sp³-hybridized carbons (Fsp3) is 0.133. The summed E-state index contributed by atoms with van der Waals surface area (Å²) in [7, 11) is 0. The maximum atomic E-state index is 11.9. The van der Waals surface area contributed by atoms with Crippen molar-refractivity contribution in [1.29, 1.82) is 0 Å². The normalized spacial score (nSPS) is 10.1. The predicted molar refractivity (Wildman–Crippen MR) is 75.2 cm³/mol. The number of carboxylic acid groups (broad SMARTS) is 1. The molecule has 2 rings (SSSR count). The fourth-order valence-electron chi connectivity index (χ4n) is 1.74. The van der Waals surface area contributed by atoms with Crippen LogP contribution in [0.15, 0.2) is 36.5 Å². The maximum absolute atomic E-state index is 11.9. The number of aromatic carboxylic acids is 1. The predicted octanol–water partition coefficient (Wildman–Crippen LogP) is 1.72. The Morgan fingerprint density at radius 2 is 2.00 bits per heavy atom. The molecular weight excluding hydrogens is 272 g/mol. The quantitative estimate of drug-likeness (QED) is 0.794. The van der Waals surface area contributed by atoms with Crippen molar-refractivity contribution in [1.82, 2.24) is 10.3 Å². The van der Waals surface area contributed by atoms with Gasteiger partial charge >= 0.3 is 5.97 Å². The highest BCUT2D eigenvalue weighted by Gasteiger charge is 2.08. The van der Waals surface area contributed by atoms with Gasteiger partial charge in [0.2, 0.25) is 0 Å². The highest BCUT2D eigenvalue weighted by Crippen LogP contribution is 2.16. The molecule has 108 valence electrons. The number of aromatic nitrogens is 1. The minimum atomic E-state index is -1.09. The van der Waals surface area contributed by atoms with E-state index in [-0.39, 0.29) is 23.9 Å². The summed E-state index contributed by atoms with van der Waals surface area (Å²) >= 11 is 0. The summed E-state index contributed by atoms with van der Waals surface area (Å²) in [5.41, 5.74) is 1.72. The fourth-order valence-corrected chi connectivity index (χ4v) is 1.74. The lowest BCUT2D eigenvalue weighted by Gasteiger charge is -2.07. The Morgan fingerprint density at radius 1 is 1.24 bits per heavy atom. The molecular formula is C15H14N2O4. The second-order valence-electron chi connectivity index (χ2n) is 4.54. The number of phenolic OH excluding ortho intramolecular Hbond substituents is 1. The first-order chi connectivity index (χ1) is 9.97. The summed E-state index contributed by atoms with van der Waals surface area (Å²) < 4.78 is 0. The smallest absolute Gasteiger partial charge is 0.354 e. The summed E-state index contributed by atoms with van der Waals surface area (Å²) in [4.78, 5) is 26.4. The van der Waals surface area contributed by atoms with Crippen LogP contribution in [0.1, 0.15) is 32.0 Å². The van der Waals surface area contributed by atoms with E-state index in [0.29, 0.717) is 16.7 Å². The maximum Gasteiger partial charge on any atom is 0.354 e. The molecule has 0 unspecified atom stereocenters. The molecule has 0 bridgehead atoms. The Morgan fingerprint density at radius 3 is 2.57 bits per heavy atom. The standard InChI is InChI=1S/C15H14N2O4/c1-9-6-11(3-5-13(9)18)14(19)17-8-10-2-4-12(15(20)21)16-7-10/h2-7,18H,8H2,1H3,(H,17,19)(H,20,21). The number of pyridine rings is 1. The number of phenols is 1. The van der Waals surface area contributed by atoms with Crippen LogP contribution in [0.5, 0.6) is 5.75 Å². The molecule has 3 N–H and O–H groups in total. The number of hydrogen-bond acceptors (Lipinski definition) is 4.